The fourth-order valence-electron chi connectivity index (χ4n) is 2.10. The van der Waals surface area contributed by atoms with Crippen LogP contribution in [0.2, 0.25) is 0 Å². The van der Waals surface area contributed by atoms with Gasteiger partial charge in [0.2, 0.25) is 0 Å². The SMILES string of the molecule is c1cc2cc3sc4ncncc4c3cc2cn1. The van der Waals surface area contributed by atoms with Crippen molar-refractivity contribution >= 4 is 42.4 Å². The Balaban J connectivity index is 2.28. The summed E-state index contributed by atoms with van der Waals surface area (Å²) in [7, 11) is 0. The van der Waals surface area contributed by atoms with Gasteiger partial charge in [-0.15, -0.1) is 11.3 Å². The van der Waals surface area contributed by atoms with Gasteiger partial charge in [0.1, 0.15) is 11.2 Å². The fraction of sp³-hybridized carbons (Fsp3) is 0. The van der Waals surface area contributed by atoms with E-state index in [2.05, 4.69) is 27.1 Å². The predicted octanol–water partition coefficient (Wildman–Crippen LogP) is 3.39. The van der Waals surface area contributed by atoms with Crippen molar-refractivity contribution in [1.82, 2.24) is 15.0 Å². The first-order valence-corrected chi connectivity index (χ1v) is 6.09. The highest BCUT2D eigenvalue weighted by atomic mass is 32.1. The zero-order chi connectivity index (χ0) is 11.2. The molecule has 0 atom stereocenters. The third-order valence-electron chi connectivity index (χ3n) is 2.91. The molecule has 4 heteroatoms. The quantitative estimate of drug-likeness (QED) is 0.470. The van der Waals surface area contributed by atoms with E-state index in [1.165, 1.54) is 15.5 Å². The Bertz CT molecular complexity index is 845. The standard InChI is InChI=1S/C13H7N3S/c1-2-14-5-9-3-10-11-6-15-7-16-13(11)17-12(10)4-8(1)9/h1-7H. The second kappa shape index (κ2) is 3.21. The summed E-state index contributed by atoms with van der Waals surface area (Å²) in [5.41, 5.74) is 0. The maximum absolute atomic E-state index is 4.30. The van der Waals surface area contributed by atoms with Crippen LogP contribution in [0, 0.1) is 0 Å². The summed E-state index contributed by atoms with van der Waals surface area (Å²) in [4.78, 5) is 13.6. The third-order valence-corrected chi connectivity index (χ3v) is 3.99. The second-order valence-electron chi connectivity index (χ2n) is 3.91. The lowest BCUT2D eigenvalue weighted by molar-refractivity contribution is 1.24. The predicted molar refractivity (Wildman–Crippen MR) is 70.2 cm³/mol. The number of pyridine rings is 1. The minimum Gasteiger partial charge on any atom is -0.264 e. The fourth-order valence-corrected chi connectivity index (χ4v) is 3.14. The molecule has 0 saturated carbocycles. The zero-order valence-corrected chi connectivity index (χ0v) is 9.61. The van der Waals surface area contributed by atoms with Crippen LogP contribution in [0.5, 0.6) is 0 Å². The number of hydrogen-bond donors (Lipinski definition) is 0. The number of fused-ring (bicyclic) bond motifs is 4. The van der Waals surface area contributed by atoms with Gasteiger partial charge in [-0.25, -0.2) is 9.97 Å². The topological polar surface area (TPSA) is 38.7 Å². The maximum Gasteiger partial charge on any atom is 0.127 e. The van der Waals surface area contributed by atoms with E-state index in [9.17, 15) is 0 Å². The molecule has 3 aromatic heterocycles. The Morgan fingerprint density at radius 1 is 0.941 bits per heavy atom. The van der Waals surface area contributed by atoms with Gasteiger partial charge in [0.05, 0.1) is 0 Å². The minimum atomic E-state index is 1.04. The summed E-state index contributed by atoms with van der Waals surface area (Å²) in [5.74, 6) is 0. The molecule has 0 amide bonds. The van der Waals surface area contributed by atoms with E-state index < -0.39 is 0 Å². The molecule has 4 rings (SSSR count). The van der Waals surface area contributed by atoms with Crippen LogP contribution in [0.3, 0.4) is 0 Å². The van der Waals surface area contributed by atoms with E-state index in [0.717, 1.165) is 15.6 Å². The highest BCUT2D eigenvalue weighted by molar-refractivity contribution is 7.25. The van der Waals surface area contributed by atoms with Crippen molar-refractivity contribution in [2.75, 3.05) is 0 Å². The van der Waals surface area contributed by atoms with Gasteiger partial charge in [0, 0.05) is 39.4 Å². The van der Waals surface area contributed by atoms with E-state index >= 15 is 0 Å². The molecule has 0 saturated heterocycles. The lowest BCUT2D eigenvalue weighted by Gasteiger charge is -1.96. The largest absolute Gasteiger partial charge is 0.264 e. The molecule has 3 nitrogen and oxygen atoms in total. The van der Waals surface area contributed by atoms with Gasteiger partial charge in [0.15, 0.2) is 0 Å². The summed E-state index contributed by atoms with van der Waals surface area (Å²) < 4.78 is 1.25. The Kier molecular flexibility index (Phi) is 1.70. The van der Waals surface area contributed by atoms with E-state index in [1.54, 1.807) is 17.7 Å². The number of thiophene rings is 1. The molecule has 1 aromatic carbocycles. The van der Waals surface area contributed by atoms with Crippen molar-refractivity contribution in [1.29, 1.82) is 0 Å². The lowest BCUT2D eigenvalue weighted by Crippen LogP contribution is -1.76. The molecule has 0 aliphatic carbocycles. The number of hydrogen-bond acceptors (Lipinski definition) is 4. The number of aromatic nitrogens is 3. The van der Waals surface area contributed by atoms with Gasteiger partial charge in [-0.1, -0.05) is 0 Å². The Hall–Kier alpha value is -2.07. The molecule has 0 aliphatic rings. The summed E-state index contributed by atoms with van der Waals surface area (Å²) in [5, 5.41) is 4.71. The van der Waals surface area contributed by atoms with E-state index in [0.29, 0.717) is 0 Å². The number of benzene rings is 1. The second-order valence-corrected chi connectivity index (χ2v) is 4.95. The van der Waals surface area contributed by atoms with Crippen LogP contribution in [-0.4, -0.2) is 15.0 Å². The van der Waals surface area contributed by atoms with Gasteiger partial charge < -0.3 is 0 Å². The molecule has 0 aliphatic heterocycles. The van der Waals surface area contributed by atoms with Crippen molar-refractivity contribution < 1.29 is 0 Å². The van der Waals surface area contributed by atoms with Crippen molar-refractivity contribution in [2.24, 2.45) is 0 Å². The average molecular weight is 237 g/mol. The van der Waals surface area contributed by atoms with Crippen molar-refractivity contribution in [3.05, 3.63) is 43.1 Å². The van der Waals surface area contributed by atoms with Gasteiger partial charge in [-0.05, 0) is 23.6 Å². The van der Waals surface area contributed by atoms with E-state index in [4.69, 9.17) is 0 Å². The van der Waals surface area contributed by atoms with Gasteiger partial charge in [0.25, 0.3) is 0 Å². The van der Waals surface area contributed by atoms with Crippen LogP contribution < -0.4 is 0 Å². The van der Waals surface area contributed by atoms with Gasteiger partial charge in [-0.3, -0.25) is 4.98 Å². The summed E-state index contributed by atoms with van der Waals surface area (Å²) in [6.07, 6.45) is 7.19. The number of nitrogens with zero attached hydrogens (tertiary/aromatic N) is 3. The van der Waals surface area contributed by atoms with Crippen molar-refractivity contribution in [2.45, 2.75) is 0 Å². The number of rotatable bonds is 0. The Morgan fingerprint density at radius 2 is 1.94 bits per heavy atom. The molecule has 4 aromatic rings. The molecular weight excluding hydrogens is 230 g/mol. The van der Waals surface area contributed by atoms with Crippen LogP contribution in [0.1, 0.15) is 0 Å². The summed E-state index contributed by atoms with van der Waals surface area (Å²) >= 11 is 1.70. The molecule has 17 heavy (non-hydrogen) atoms. The first-order valence-electron chi connectivity index (χ1n) is 5.28. The third kappa shape index (κ3) is 1.24. The highest BCUT2D eigenvalue weighted by Crippen LogP contribution is 2.34. The van der Waals surface area contributed by atoms with Crippen molar-refractivity contribution in [3.8, 4) is 0 Å². The Morgan fingerprint density at radius 3 is 2.94 bits per heavy atom. The molecule has 0 N–H and O–H groups in total. The molecule has 0 radical (unpaired) electrons. The van der Waals surface area contributed by atoms with E-state index in [1.807, 2.05) is 24.7 Å². The first kappa shape index (κ1) is 9.01. The molecule has 0 spiro atoms. The molecule has 3 heterocycles. The van der Waals surface area contributed by atoms with E-state index in [-0.39, 0.29) is 0 Å². The summed E-state index contributed by atoms with van der Waals surface area (Å²) in [6, 6.07) is 6.39. The Labute approximate surface area is 101 Å². The van der Waals surface area contributed by atoms with Crippen LogP contribution in [-0.2, 0) is 0 Å². The monoisotopic (exact) mass is 237 g/mol. The zero-order valence-electron chi connectivity index (χ0n) is 8.79. The maximum atomic E-state index is 4.30. The average Bonchev–Trinajstić information content (AvgIpc) is 2.73. The molecule has 0 bridgehead atoms. The minimum absolute atomic E-state index is 1.04. The van der Waals surface area contributed by atoms with Crippen LogP contribution >= 0.6 is 11.3 Å². The van der Waals surface area contributed by atoms with Gasteiger partial charge >= 0.3 is 0 Å². The van der Waals surface area contributed by atoms with Crippen molar-refractivity contribution in [3.63, 3.8) is 0 Å². The lowest BCUT2D eigenvalue weighted by atomic mass is 10.1. The molecule has 80 valence electrons. The first-order chi connectivity index (χ1) is 8.42. The highest BCUT2D eigenvalue weighted by Gasteiger charge is 2.06. The summed E-state index contributed by atoms with van der Waals surface area (Å²) in [6.45, 7) is 0. The smallest absolute Gasteiger partial charge is 0.127 e. The molecular formula is C13H7N3S. The molecule has 0 fully saturated rings. The van der Waals surface area contributed by atoms with Crippen LogP contribution in [0.4, 0.5) is 0 Å². The van der Waals surface area contributed by atoms with Gasteiger partial charge in [-0.2, -0.15) is 0 Å². The molecule has 0 unspecified atom stereocenters. The van der Waals surface area contributed by atoms with Crippen LogP contribution in [0.25, 0.3) is 31.1 Å². The normalized spacial score (nSPS) is 11.5. The van der Waals surface area contributed by atoms with Crippen LogP contribution in [0.15, 0.2) is 43.1 Å².